The summed E-state index contributed by atoms with van der Waals surface area (Å²) in [6.07, 6.45) is 2.78. The van der Waals surface area contributed by atoms with E-state index in [2.05, 4.69) is 31.0 Å². The highest BCUT2D eigenvalue weighted by Gasteiger charge is 2.16. The minimum atomic E-state index is -0.354. The molecule has 2 rings (SSSR count). The summed E-state index contributed by atoms with van der Waals surface area (Å²) >= 11 is 0. The third-order valence-electron chi connectivity index (χ3n) is 4.16. The fourth-order valence-corrected chi connectivity index (χ4v) is 2.76. The van der Waals surface area contributed by atoms with Gasteiger partial charge in [0, 0.05) is 26.3 Å². The molecule has 3 nitrogen and oxygen atoms in total. The zero-order chi connectivity index (χ0) is 14.4. The predicted molar refractivity (Wildman–Crippen MR) is 81.8 cm³/mol. The van der Waals surface area contributed by atoms with Gasteiger partial charge in [0.2, 0.25) is 0 Å². The van der Waals surface area contributed by atoms with Crippen molar-refractivity contribution < 1.29 is 9.84 Å². The molecular weight excluding hydrogens is 250 g/mol. The number of ether oxygens (including phenoxy) is 1. The lowest BCUT2D eigenvalue weighted by Crippen LogP contribution is -2.30. The van der Waals surface area contributed by atoms with Gasteiger partial charge in [0.15, 0.2) is 0 Å². The van der Waals surface area contributed by atoms with Crippen molar-refractivity contribution in [3.8, 4) is 0 Å². The second-order valence-corrected chi connectivity index (χ2v) is 6.03. The fourth-order valence-electron chi connectivity index (χ4n) is 2.76. The van der Waals surface area contributed by atoms with Crippen molar-refractivity contribution in [3.05, 3.63) is 35.4 Å². The van der Waals surface area contributed by atoms with Crippen LogP contribution in [0.15, 0.2) is 24.3 Å². The molecule has 1 aromatic rings. The van der Waals surface area contributed by atoms with Crippen LogP contribution in [0, 0.1) is 12.8 Å². The van der Waals surface area contributed by atoms with E-state index in [-0.39, 0.29) is 6.10 Å². The summed E-state index contributed by atoms with van der Waals surface area (Å²) in [5, 5.41) is 10.2. The summed E-state index contributed by atoms with van der Waals surface area (Å²) < 4.78 is 5.39. The predicted octanol–water partition coefficient (Wildman–Crippen LogP) is 2.78. The second kappa shape index (κ2) is 7.77. The van der Waals surface area contributed by atoms with E-state index in [4.69, 9.17) is 4.74 Å². The van der Waals surface area contributed by atoms with E-state index in [0.717, 1.165) is 44.2 Å². The molecule has 0 amide bonds. The standard InChI is InChI=1S/C17H27NO2/c1-14-3-5-16(6-4-14)17(19)7-10-18(2)13-15-8-11-20-12-9-15/h3-6,15,17,19H,7-13H2,1-2H3. The van der Waals surface area contributed by atoms with Crippen molar-refractivity contribution in [1.82, 2.24) is 4.90 Å². The van der Waals surface area contributed by atoms with Gasteiger partial charge in [0.1, 0.15) is 0 Å². The van der Waals surface area contributed by atoms with Crippen molar-refractivity contribution in [2.75, 3.05) is 33.4 Å². The molecule has 1 fully saturated rings. The van der Waals surface area contributed by atoms with Gasteiger partial charge < -0.3 is 14.7 Å². The monoisotopic (exact) mass is 277 g/mol. The molecule has 1 aliphatic heterocycles. The molecular formula is C17H27NO2. The van der Waals surface area contributed by atoms with Crippen LogP contribution in [0.1, 0.15) is 36.5 Å². The summed E-state index contributed by atoms with van der Waals surface area (Å²) in [4.78, 5) is 2.34. The molecule has 1 atom stereocenters. The Kier molecular flexibility index (Phi) is 6.02. The smallest absolute Gasteiger partial charge is 0.0802 e. The number of aliphatic hydroxyl groups is 1. The normalized spacial score (nSPS) is 18.4. The molecule has 0 aliphatic carbocycles. The molecule has 1 heterocycles. The Morgan fingerprint density at radius 1 is 1.25 bits per heavy atom. The lowest BCUT2D eigenvalue weighted by Gasteiger charge is -2.27. The number of aryl methyl sites for hydroxylation is 1. The highest BCUT2D eigenvalue weighted by atomic mass is 16.5. The zero-order valence-electron chi connectivity index (χ0n) is 12.7. The number of rotatable bonds is 6. The molecule has 0 radical (unpaired) electrons. The maximum atomic E-state index is 10.2. The highest BCUT2D eigenvalue weighted by molar-refractivity contribution is 5.22. The molecule has 1 unspecified atom stereocenters. The Morgan fingerprint density at radius 2 is 1.90 bits per heavy atom. The number of nitrogens with zero attached hydrogens (tertiary/aromatic N) is 1. The summed E-state index contributed by atoms with van der Waals surface area (Å²) in [5.41, 5.74) is 2.26. The molecule has 1 N–H and O–H groups in total. The first-order valence-electron chi connectivity index (χ1n) is 7.66. The van der Waals surface area contributed by atoms with Crippen LogP contribution in [-0.2, 0) is 4.74 Å². The van der Waals surface area contributed by atoms with E-state index in [1.165, 1.54) is 18.4 Å². The SMILES string of the molecule is Cc1ccc(C(O)CCN(C)CC2CCOCC2)cc1. The minimum absolute atomic E-state index is 0.354. The van der Waals surface area contributed by atoms with E-state index in [9.17, 15) is 5.11 Å². The van der Waals surface area contributed by atoms with Gasteiger partial charge in [-0.3, -0.25) is 0 Å². The molecule has 0 aromatic heterocycles. The van der Waals surface area contributed by atoms with E-state index in [1.54, 1.807) is 0 Å². The van der Waals surface area contributed by atoms with Crippen LogP contribution in [0.5, 0.6) is 0 Å². The summed E-state index contributed by atoms with van der Waals surface area (Å²) in [6, 6.07) is 8.17. The number of hydrogen-bond acceptors (Lipinski definition) is 3. The third-order valence-corrected chi connectivity index (χ3v) is 4.16. The maximum absolute atomic E-state index is 10.2. The molecule has 20 heavy (non-hydrogen) atoms. The molecule has 1 aliphatic rings. The van der Waals surface area contributed by atoms with Crippen LogP contribution in [0.4, 0.5) is 0 Å². The van der Waals surface area contributed by atoms with Crippen molar-refractivity contribution in [2.24, 2.45) is 5.92 Å². The molecule has 112 valence electrons. The van der Waals surface area contributed by atoms with Crippen molar-refractivity contribution in [2.45, 2.75) is 32.3 Å². The van der Waals surface area contributed by atoms with Crippen LogP contribution >= 0.6 is 0 Å². The Morgan fingerprint density at radius 3 is 2.55 bits per heavy atom. The van der Waals surface area contributed by atoms with Crippen LogP contribution < -0.4 is 0 Å². The van der Waals surface area contributed by atoms with E-state index >= 15 is 0 Å². The molecule has 1 saturated heterocycles. The summed E-state index contributed by atoms with van der Waals surface area (Å²) in [7, 11) is 2.15. The number of hydrogen-bond donors (Lipinski definition) is 1. The van der Waals surface area contributed by atoms with Gasteiger partial charge >= 0.3 is 0 Å². The van der Waals surface area contributed by atoms with E-state index in [0.29, 0.717) is 0 Å². The van der Waals surface area contributed by atoms with Gasteiger partial charge in [-0.15, -0.1) is 0 Å². The first-order valence-corrected chi connectivity index (χ1v) is 7.66. The second-order valence-electron chi connectivity index (χ2n) is 6.03. The van der Waals surface area contributed by atoms with E-state index in [1.807, 2.05) is 12.1 Å². The lowest BCUT2D eigenvalue weighted by molar-refractivity contribution is 0.0534. The molecule has 1 aromatic carbocycles. The van der Waals surface area contributed by atoms with Gasteiger partial charge in [0.05, 0.1) is 6.10 Å². The van der Waals surface area contributed by atoms with Crippen molar-refractivity contribution in [1.29, 1.82) is 0 Å². The van der Waals surface area contributed by atoms with Gasteiger partial charge in [-0.05, 0) is 44.7 Å². The topological polar surface area (TPSA) is 32.7 Å². The first kappa shape index (κ1) is 15.5. The minimum Gasteiger partial charge on any atom is -0.388 e. The van der Waals surface area contributed by atoms with Gasteiger partial charge in [-0.2, -0.15) is 0 Å². The molecule has 0 bridgehead atoms. The maximum Gasteiger partial charge on any atom is 0.0802 e. The van der Waals surface area contributed by atoms with Crippen LogP contribution in [0.2, 0.25) is 0 Å². The fraction of sp³-hybridized carbons (Fsp3) is 0.647. The Balaban J connectivity index is 1.71. The van der Waals surface area contributed by atoms with E-state index < -0.39 is 0 Å². The number of aliphatic hydroxyl groups excluding tert-OH is 1. The Hall–Kier alpha value is -0.900. The lowest BCUT2D eigenvalue weighted by atomic mass is 9.99. The zero-order valence-corrected chi connectivity index (χ0v) is 12.7. The Labute approximate surface area is 122 Å². The van der Waals surface area contributed by atoms with Crippen molar-refractivity contribution in [3.63, 3.8) is 0 Å². The van der Waals surface area contributed by atoms with Crippen LogP contribution in [0.25, 0.3) is 0 Å². The highest BCUT2D eigenvalue weighted by Crippen LogP contribution is 2.19. The molecule has 0 saturated carbocycles. The summed E-state index contributed by atoms with van der Waals surface area (Å²) in [5.74, 6) is 0.755. The third kappa shape index (κ3) is 4.89. The van der Waals surface area contributed by atoms with Crippen molar-refractivity contribution >= 4 is 0 Å². The Bertz CT molecular complexity index is 384. The first-order chi connectivity index (χ1) is 9.65. The largest absolute Gasteiger partial charge is 0.388 e. The average Bonchev–Trinajstić information content (AvgIpc) is 2.46. The quantitative estimate of drug-likeness (QED) is 0.868. The average molecular weight is 277 g/mol. The van der Waals surface area contributed by atoms with Gasteiger partial charge in [0.25, 0.3) is 0 Å². The molecule has 3 heteroatoms. The molecule has 0 spiro atoms. The number of benzene rings is 1. The van der Waals surface area contributed by atoms with Crippen LogP contribution in [0.3, 0.4) is 0 Å². The van der Waals surface area contributed by atoms with Gasteiger partial charge in [-0.25, -0.2) is 0 Å². The van der Waals surface area contributed by atoms with Crippen LogP contribution in [-0.4, -0.2) is 43.4 Å². The van der Waals surface area contributed by atoms with Gasteiger partial charge in [-0.1, -0.05) is 29.8 Å². The summed E-state index contributed by atoms with van der Waals surface area (Å²) in [6.45, 7) is 5.93.